The van der Waals surface area contributed by atoms with Crippen LogP contribution in [0.25, 0.3) is 16.7 Å². The van der Waals surface area contributed by atoms with E-state index in [0.717, 1.165) is 16.7 Å². The van der Waals surface area contributed by atoms with Gasteiger partial charge in [-0.15, -0.1) is 23.6 Å². The molecule has 2 heterocycles. The number of fused-ring (bicyclic) bond motifs is 1. The van der Waals surface area contributed by atoms with Crippen molar-refractivity contribution in [3.8, 4) is 5.69 Å². The maximum absolute atomic E-state index is 5.23. The zero-order valence-electron chi connectivity index (χ0n) is 7.68. The van der Waals surface area contributed by atoms with Crippen molar-refractivity contribution in [2.45, 2.75) is 0 Å². The van der Waals surface area contributed by atoms with Gasteiger partial charge in [0, 0.05) is 44.3 Å². The molecule has 0 amide bonds. The summed E-state index contributed by atoms with van der Waals surface area (Å²) in [5.41, 5.74) is 1.77. The van der Waals surface area contributed by atoms with Gasteiger partial charge >= 0.3 is 0 Å². The third kappa shape index (κ3) is 1.74. The third-order valence-corrected chi connectivity index (χ3v) is 2.10. The van der Waals surface area contributed by atoms with E-state index in [9.17, 15) is 0 Å². The van der Waals surface area contributed by atoms with Gasteiger partial charge in [-0.2, -0.15) is 5.10 Å². The SMILES string of the molecule is [Ir].[c-]1c(-n2cccn2)ccc2occc12. The van der Waals surface area contributed by atoms with Crippen molar-refractivity contribution in [3.63, 3.8) is 0 Å². The molecule has 0 saturated heterocycles. The molecule has 15 heavy (non-hydrogen) atoms. The van der Waals surface area contributed by atoms with Gasteiger partial charge in [-0.1, -0.05) is 6.07 Å². The first-order valence-corrected chi connectivity index (χ1v) is 4.33. The Balaban J connectivity index is 0.000000853. The Bertz CT molecular complexity index is 557. The molecule has 77 valence electrons. The molecule has 4 heteroatoms. The molecule has 0 bridgehead atoms. The predicted octanol–water partition coefficient (Wildman–Crippen LogP) is 2.42. The average Bonchev–Trinajstić information content (AvgIpc) is 2.88. The molecule has 0 fully saturated rings. The Kier molecular flexibility index (Phi) is 2.71. The molecule has 3 rings (SSSR count). The number of hydrogen-bond acceptors (Lipinski definition) is 2. The zero-order valence-corrected chi connectivity index (χ0v) is 10.1. The molecular weight excluding hydrogens is 368 g/mol. The molecule has 0 aliphatic carbocycles. The summed E-state index contributed by atoms with van der Waals surface area (Å²) in [4.78, 5) is 0. The third-order valence-electron chi connectivity index (χ3n) is 2.10. The van der Waals surface area contributed by atoms with Crippen molar-refractivity contribution in [3.05, 3.63) is 49.0 Å². The van der Waals surface area contributed by atoms with Crippen LogP contribution in [0.3, 0.4) is 0 Å². The van der Waals surface area contributed by atoms with Crippen molar-refractivity contribution in [2.24, 2.45) is 0 Å². The van der Waals surface area contributed by atoms with Gasteiger partial charge in [0.05, 0.1) is 0 Å². The first kappa shape index (κ1) is 10.1. The average molecular weight is 375 g/mol. The molecule has 1 aromatic carbocycles. The van der Waals surface area contributed by atoms with E-state index in [1.807, 2.05) is 30.5 Å². The summed E-state index contributed by atoms with van der Waals surface area (Å²) in [5, 5.41) is 5.10. The minimum absolute atomic E-state index is 0. The van der Waals surface area contributed by atoms with Gasteiger partial charge < -0.3 is 4.42 Å². The summed E-state index contributed by atoms with van der Waals surface area (Å²) < 4.78 is 7.00. The summed E-state index contributed by atoms with van der Waals surface area (Å²) in [7, 11) is 0. The van der Waals surface area contributed by atoms with E-state index in [4.69, 9.17) is 4.42 Å². The minimum atomic E-state index is 0. The fourth-order valence-electron chi connectivity index (χ4n) is 1.43. The molecule has 0 aliphatic heterocycles. The predicted molar refractivity (Wildman–Crippen MR) is 52.2 cm³/mol. The van der Waals surface area contributed by atoms with Crippen LogP contribution in [0.4, 0.5) is 0 Å². The van der Waals surface area contributed by atoms with Crippen LogP contribution in [-0.2, 0) is 20.1 Å². The van der Waals surface area contributed by atoms with Crippen molar-refractivity contribution >= 4 is 11.0 Å². The normalized spacial score (nSPS) is 10.1. The maximum atomic E-state index is 5.23. The summed E-state index contributed by atoms with van der Waals surface area (Å²) in [6.07, 6.45) is 5.29. The summed E-state index contributed by atoms with van der Waals surface area (Å²) in [6.45, 7) is 0. The largest absolute Gasteiger partial charge is 0.518 e. The van der Waals surface area contributed by atoms with E-state index in [1.165, 1.54) is 0 Å². The van der Waals surface area contributed by atoms with Crippen LogP contribution >= 0.6 is 0 Å². The van der Waals surface area contributed by atoms with Gasteiger partial charge in [0.1, 0.15) is 0 Å². The number of nitrogens with zero attached hydrogens (tertiary/aromatic N) is 2. The molecule has 0 saturated carbocycles. The summed E-state index contributed by atoms with van der Waals surface area (Å²) in [6, 6.07) is 10.8. The Hall–Kier alpha value is -1.38. The smallest absolute Gasteiger partial charge is 0.0493 e. The maximum Gasteiger partial charge on any atom is 0.0493 e. The van der Waals surface area contributed by atoms with Crippen molar-refractivity contribution in [1.29, 1.82) is 0 Å². The second-order valence-electron chi connectivity index (χ2n) is 2.99. The molecule has 0 N–H and O–H groups in total. The number of rotatable bonds is 1. The number of furan rings is 1. The summed E-state index contributed by atoms with van der Waals surface area (Å²) in [5.74, 6) is 0. The van der Waals surface area contributed by atoms with Crippen molar-refractivity contribution in [2.75, 3.05) is 0 Å². The molecule has 0 spiro atoms. The monoisotopic (exact) mass is 376 g/mol. The standard InChI is InChI=1S/C11H7N2O.Ir/c1-5-12-13(6-1)10-2-3-11-9(8-10)4-7-14-11;/h1-7H;/q-1;. The van der Waals surface area contributed by atoms with Crippen LogP contribution in [0, 0.1) is 6.07 Å². The van der Waals surface area contributed by atoms with Crippen LogP contribution in [-0.4, -0.2) is 9.78 Å². The molecule has 3 nitrogen and oxygen atoms in total. The van der Waals surface area contributed by atoms with Gasteiger partial charge in [0.2, 0.25) is 0 Å². The molecule has 2 aromatic heterocycles. The van der Waals surface area contributed by atoms with Crippen molar-refractivity contribution < 1.29 is 24.5 Å². The van der Waals surface area contributed by atoms with E-state index in [1.54, 1.807) is 17.1 Å². The van der Waals surface area contributed by atoms with E-state index >= 15 is 0 Å². The zero-order chi connectivity index (χ0) is 9.38. The van der Waals surface area contributed by atoms with Crippen molar-refractivity contribution in [1.82, 2.24) is 9.78 Å². The number of benzene rings is 1. The molecule has 0 aliphatic rings. The Morgan fingerprint density at radius 3 is 3.00 bits per heavy atom. The topological polar surface area (TPSA) is 31.0 Å². The number of aromatic nitrogens is 2. The van der Waals surface area contributed by atoms with Gasteiger partial charge in [0.15, 0.2) is 0 Å². The van der Waals surface area contributed by atoms with Gasteiger partial charge in [0.25, 0.3) is 0 Å². The van der Waals surface area contributed by atoms with Crippen LogP contribution < -0.4 is 0 Å². The van der Waals surface area contributed by atoms with E-state index in [2.05, 4.69) is 11.2 Å². The fourth-order valence-corrected chi connectivity index (χ4v) is 1.43. The van der Waals surface area contributed by atoms with Crippen LogP contribution in [0.1, 0.15) is 0 Å². The van der Waals surface area contributed by atoms with E-state index < -0.39 is 0 Å². The van der Waals surface area contributed by atoms with E-state index in [-0.39, 0.29) is 20.1 Å². The quantitative estimate of drug-likeness (QED) is 0.612. The Morgan fingerprint density at radius 2 is 2.20 bits per heavy atom. The van der Waals surface area contributed by atoms with Gasteiger partial charge in [-0.05, 0) is 11.8 Å². The Morgan fingerprint density at radius 1 is 1.27 bits per heavy atom. The number of hydrogen-bond donors (Lipinski definition) is 0. The molecular formula is C11H7IrN2O-. The molecule has 3 aromatic rings. The van der Waals surface area contributed by atoms with Crippen LogP contribution in [0.2, 0.25) is 0 Å². The first-order chi connectivity index (χ1) is 6.93. The second kappa shape index (κ2) is 4.01. The van der Waals surface area contributed by atoms with E-state index in [0.29, 0.717) is 0 Å². The minimum Gasteiger partial charge on any atom is -0.518 e. The molecule has 0 atom stereocenters. The van der Waals surface area contributed by atoms with Gasteiger partial charge in [-0.3, -0.25) is 4.68 Å². The van der Waals surface area contributed by atoms with Gasteiger partial charge in [-0.25, -0.2) is 0 Å². The van der Waals surface area contributed by atoms with Crippen LogP contribution in [0.15, 0.2) is 47.3 Å². The first-order valence-electron chi connectivity index (χ1n) is 4.33. The summed E-state index contributed by atoms with van der Waals surface area (Å²) >= 11 is 0. The second-order valence-corrected chi connectivity index (χ2v) is 2.99. The Labute approximate surface area is 100 Å². The van der Waals surface area contributed by atoms with Crippen LogP contribution in [0.5, 0.6) is 0 Å². The molecule has 1 radical (unpaired) electrons. The molecule has 0 unspecified atom stereocenters. The fraction of sp³-hybridized carbons (Fsp3) is 0.